The molecule has 24 nitrogen and oxygen atoms in total. The number of nitrogens with two attached hydrogens (primary N) is 1. The number of hydrogen-bond donors (Lipinski definition) is 6. The van der Waals surface area contributed by atoms with Crippen LogP contribution in [0.4, 0.5) is 27.2 Å². The average Bonchev–Trinajstić information content (AvgIpc) is 2.04. The molecule has 7 N–H and O–H groups in total. The summed E-state index contributed by atoms with van der Waals surface area (Å²) in [7, 11) is -9.61. The first-order chi connectivity index (χ1) is 42.0. The SMILES string of the molecule is CCNS(=O)(=O)c1cc(Br)ccc1-c1cnc(C2CCC(NC(=O)OC(C)C)CC2)s1.CCNS(=O)(=O)c1cc(Nc2nncn2COCC[Si](C)(C)C)ccc1-c1cnc(C2CCC(NC(=O)OC(C)C)CC2)s1.C[Si](C)(C)CCOCn1cnnc1N. The third-order valence-electron chi connectivity index (χ3n) is 14.2. The Balaban J connectivity index is 0.000000242. The van der Waals surface area contributed by atoms with Gasteiger partial charge in [0.15, 0.2) is 0 Å². The van der Waals surface area contributed by atoms with E-state index in [2.05, 4.69) is 106 Å². The van der Waals surface area contributed by atoms with E-state index in [0.717, 1.165) is 89.8 Å². The molecule has 2 fully saturated rings. The number of amides is 2. The molecule has 0 atom stereocenters. The quantitative estimate of drug-likeness (QED) is 0.0217. The van der Waals surface area contributed by atoms with E-state index in [1.807, 2.05) is 45.9 Å². The van der Waals surface area contributed by atoms with Gasteiger partial charge in [0, 0.05) is 100 Å². The second kappa shape index (κ2) is 33.9. The maximum atomic E-state index is 13.4. The largest absolute Gasteiger partial charge is 0.447 e. The topological polar surface area (TPSA) is 313 Å². The Hall–Kier alpha value is -5.23. The molecule has 0 bridgehead atoms. The van der Waals surface area contributed by atoms with Crippen LogP contribution in [0.5, 0.6) is 0 Å². The molecule has 2 aromatic carbocycles. The number of aromatic nitrogens is 8. The molecule has 2 amide bonds. The van der Waals surface area contributed by atoms with Crippen molar-refractivity contribution < 1.29 is 45.4 Å². The lowest BCUT2D eigenvalue weighted by Gasteiger charge is -2.28. The third kappa shape index (κ3) is 23.8. The van der Waals surface area contributed by atoms with Crippen LogP contribution in [0.15, 0.2) is 75.7 Å². The molecular weight excluding hydrogens is 1320 g/mol. The summed E-state index contributed by atoms with van der Waals surface area (Å²) in [6, 6.07) is 12.9. The first kappa shape index (κ1) is 72.8. The number of ether oxygens (including phenoxy) is 4. The molecule has 2 aliphatic carbocycles. The van der Waals surface area contributed by atoms with Crippen molar-refractivity contribution in [3.63, 3.8) is 0 Å². The zero-order chi connectivity index (χ0) is 65.1. The molecule has 89 heavy (non-hydrogen) atoms. The molecule has 492 valence electrons. The van der Waals surface area contributed by atoms with E-state index in [9.17, 15) is 26.4 Å². The Morgan fingerprint density at radius 1 is 0.652 bits per heavy atom. The molecule has 0 aliphatic heterocycles. The predicted molar refractivity (Wildman–Crippen MR) is 360 cm³/mol. The van der Waals surface area contributed by atoms with Gasteiger partial charge in [-0.1, -0.05) is 81.2 Å². The van der Waals surface area contributed by atoms with Gasteiger partial charge in [0.2, 0.25) is 31.9 Å². The van der Waals surface area contributed by atoms with Gasteiger partial charge in [-0.3, -0.25) is 9.13 Å². The van der Waals surface area contributed by atoms with Crippen molar-refractivity contribution in [1.82, 2.24) is 59.6 Å². The van der Waals surface area contributed by atoms with E-state index in [4.69, 9.17) is 29.7 Å². The lowest BCUT2D eigenvalue weighted by Crippen LogP contribution is -2.38. The lowest BCUT2D eigenvalue weighted by atomic mass is 9.86. The molecule has 31 heteroatoms. The van der Waals surface area contributed by atoms with E-state index < -0.39 is 36.2 Å². The van der Waals surface area contributed by atoms with Crippen LogP contribution in [0.25, 0.3) is 20.9 Å². The number of hydrogen-bond acceptors (Lipinski definition) is 20. The van der Waals surface area contributed by atoms with Gasteiger partial charge in [0.05, 0.1) is 41.8 Å². The van der Waals surface area contributed by atoms with E-state index in [0.29, 0.717) is 65.7 Å². The summed E-state index contributed by atoms with van der Waals surface area (Å²) in [5.74, 6) is 1.42. The van der Waals surface area contributed by atoms with Gasteiger partial charge in [0.1, 0.15) is 26.1 Å². The van der Waals surface area contributed by atoms with Crippen molar-refractivity contribution in [2.45, 2.75) is 204 Å². The molecular formula is C58H91BrN14O10S4Si2. The number of carbonyl (C=O) groups is 2. The molecule has 0 unspecified atom stereocenters. The fraction of sp³-hybridized carbons (Fsp3) is 0.586. The van der Waals surface area contributed by atoms with Crippen molar-refractivity contribution in [2.24, 2.45) is 0 Å². The molecule has 0 spiro atoms. The molecule has 2 saturated carbocycles. The van der Waals surface area contributed by atoms with Crippen molar-refractivity contribution in [1.29, 1.82) is 0 Å². The summed E-state index contributed by atoms with van der Waals surface area (Å²) < 4.78 is 83.1. The van der Waals surface area contributed by atoms with Crippen molar-refractivity contribution in [3.05, 3.63) is 75.9 Å². The summed E-state index contributed by atoms with van der Waals surface area (Å²) in [5.41, 5.74) is 7.33. The van der Waals surface area contributed by atoms with Gasteiger partial charge >= 0.3 is 12.2 Å². The Labute approximate surface area is 543 Å². The first-order valence-corrected chi connectivity index (χ1v) is 43.1. The second-order valence-corrected chi connectivity index (χ2v) is 42.6. The van der Waals surface area contributed by atoms with Gasteiger partial charge in [-0.15, -0.1) is 43.1 Å². The molecule has 0 radical (unpaired) electrons. The zero-order valence-electron chi connectivity index (χ0n) is 53.3. The van der Waals surface area contributed by atoms with E-state index in [-0.39, 0.29) is 58.7 Å². The molecule has 0 saturated heterocycles. The molecule has 4 heterocycles. The molecule has 8 rings (SSSR count). The first-order valence-electron chi connectivity index (χ1n) is 30.3. The Morgan fingerprint density at radius 3 is 1.53 bits per heavy atom. The highest BCUT2D eigenvalue weighted by Crippen LogP contribution is 2.42. The number of thiazole rings is 2. The van der Waals surface area contributed by atoms with Gasteiger partial charge in [-0.05, 0) is 115 Å². The van der Waals surface area contributed by atoms with Gasteiger partial charge in [-0.25, -0.2) is 45.8 Å². The predicted octanol–water partition coefficient (Wildman–Crippen LogP) is 12.1. The van der Waals surface area contributed by atoms with Crippen LogP contribution in [0.2, 0.25) is 51.4 Å². The van der Waals surface area contributed by atoms with Gasteiger partial charge in [-0.2, -0.15) is 0 Å². The number of sulfonamides is 2. The lowest BCUT2D eigenvalue weighted by molar-refractivity contribution is 0.0882. The fourth-order valence-electron chi connectivity index (χ4n) is 9.51. The van der Waals surface area contributed by atoms with Gasteiger partial charge < -0.3 is 40.6 Å². The Kier molecular flexibility index (Phi) is 27.7. The number of anilines is 3. The highest BCUT2D eigenvalue weighted by molar-refractivity contribution is 9.10. The highest BCUT2D eigenvalue weighted by atomic mass is 79.9. The average molecular weight is 1410 g/mol. The number of benzene rings is 2. The monoisotopic (exact) mass is 1410 g/mol. The normalized spacial score (nSPS) is 17.3. The second-order valence-electron chi connectivity index (χ2n) is 24.9. The van der Waals surface area contributed by atoms with Gasteiger partial charge in [0.25, 0.3) is 0 Å². The smallest absolute Gasteiger partial charge is 0.407 e. The maximum absolute atomic E-state index is 13.4. The number of nitrogen functional groups attached to an aromatic ring is 1. The van der Waals surface area contributed by atoms with E-state index in [1.165, 1.54) is 22.7 Å². The van der Waals surface area contributed by atoms with Crippen LogP contribution in [0, 0.1) is 0 Å². The standard InChI is InChI=1S/C29H45N7O5S2Si.C21H28BrN3O4S2.C8H18N4OSi/c1-7-32-43(38,39)26-16-23(33-28-35-31-18-36(28)19-40-14-15-44(4,5)6)12-13-24(26)25-17-30-27(42-25)21-8-10-22(11-9-21)34-29(37)41-20(2)3;1-4-24-31(27,28)19-11-15(22)7-10-17(19)18-12-23-20(30-18)14-5-8-16(9-6-14)25-21(26)29-13(2)3;1-14(2,3)5-4-13-7-12-6-10-11-8(12)9/h12-13,16-18,20-22,32H,7-11,14-15,19H2,1-6H3,(H,33,35)(H,34,37);7,10-14,16,24H,4-6,8-9H2,1-3H3,(H,25,26);6H,4-5,7H2,1-3H3,(H2,9,11). The Bertz CT molecular complexity index is 3430. The number of nitrogens with one attached hydrogen (secondary N) is 5. The molecule has 2 aliphatic rings. The van der Waals surface area contributed by atoms with Crippen molar-refractivity contribution in [2.75, 3.05) is 37.4 Å². The number of rotatable bonds is 26. The van der Waals surface area contributed by atoms with Crippen LogP contribution in [-0.2, 0) is 52.5 Å². The fourth-order valence-corrected chi connectivity index (χ4v) is 16.5. The minimum Gasteiger partial charge on any atom is -0.447 e. The highest BCUT2D eigenvalue weighted by Gasteiger charge is 2.30. The van der Waals surface area contributed by atoms with Crippen LogP contribution in [0.3, 0.4) is 0 Å². The molecule has 4 aromatic heterocycles. The number of nitrogens with zero attached hydrogens (tertiary/aromatic N) is 8. The minimum atomic E-state index is -3.80. The number of carbonyl (C=O) groups excluding carboxylic acids is 2. The summed E-state index contributed by atoms with van der Waals surface area (Å²) >= 11 is 6.43. The summed E-state index contributed by atoms with van der Waals surface area (Å²) in [6.45, 7) is 27.5. The zero-order valence-corrected chi connectivity index (χ0v) is 60.2. The maximum Gasteiger partial charge on any atom is 0.407 e. The minimum absolute atomic E-state index is 0.0800. The van der Waals surface area contributed by atoms with E-state index in [1.54, 1.807) is 66.2 Å². The summed E-state index contributed by atoms with van der Waals surface area (Å²) in [6.07, 6.45) is 12.7. The van der Waals surface area contributed by atoms with Crippen LogP contribution in [0.1, 0.15) is 115 Å². The van der Waals surface area contributed by atoms with Crippen LogP contribution >= 0.6 is 38.6 Å². The number of alkyl carbamates (subject to hydrolysis) is 2. The van der Waals surface area contributed by atoms with Crippen molar-refractivity contribution >= 4 is 105 Å². The summed E-state index contributed by atoms with van der Waals surface area (Å²) in [4.78, 5) is 35.1. The Morgan fingerprint density at radius 2 is 1.09 bits per heavy atom. The number of halogens is 1. The summed E-state index contributed by atoms with van der Waals surface area (Å²) in [5, 5.41) is 26.6. The van der Waals surface area contributed by atoms with Crippen LogP contribution < -0.4 is 31.1 Å². The van der Waals surface area contributed by atoms with E-state index >= 15 is 0 Å². The third-order valence-corrected chi connectivity index (χ3v) is 23.7. The van der Waals surface area contributed by atoms with Crippen LogP contribution in [-0.4, -0.2) is 135 Å². The van der Waals surface area contributed by atoms with Crippen molar-refractivity contribution in [3.8, 4) is 20.9 Å². The molecule has 6 aromatic rings.